The maximum atomic E-state index is 12.1. The Morgan fingerprint density at radius 1 is 1.10 bits per heavy atom. The van der Waals surface area contributed by atoms with Crippen molar-refractivity contribution in [3.8, 4) is 0 Å². The summed E-state index contributed by atoms with van der Waals surface area (Å²) >= 11 is 5.44. The second kappa shape index (κ2) is 6.87. The highest BCUT2D eigenvalue weighted by Gasteiger charge is 2.47. The zero-order valence-corrected chi connectivity index (χ0v) is 14.0. The lowest BCUT2D eigenvalue weighted by Gasteiger charge is -2.29. The molecule has 1 aromatic rings. The van der Waals surface area contributed by atoms with E-state index in [1.165, 1.54) is 13.8 Å². The third-order valence-electron chi connectivity index (χ3n) is 2.83. The van der Waals surface area contributed by atoms with Crippen LogP contribution in [0.15, 0.2) is 24.3 Å². The zero-order chi connectivity index (χ0) is 16.4. The molecule has 0 saturated heterocycles. The number of hydrogen-bond donors (Lipinski definition) is 0. The van der Waals surface area contributed by atoms with E-state index < -0.39 is 31.8 Å². The van der Waals surface area contributed by atoms with Crippen LogP contribution in [0.4, 0.5) is 0 Å². The molecule has 5 nitrogen and oxygen atoms in total. The van der Waals surface area contributed by atoms with Crippen LogP contribution in [0.25, 0.3) is 0 Å². The van der Waals surface area contributed by atoms with Crippen LogP contribution in [0.3, 0.4) is 0 Å². The van der Waals surface area contributed by atoms with Crippen molar-refractivity contribution in [2.45, 2.75) is 19.4 Å². The maximum Gasteiger partial charge on any atom is 0.262 e. The fraction of sp³-hybridized carbons (Fsp3) is 0.250. The standard InChI is InChI=1S/C12H10ClNO3.Cl2OS/c1-12(2,11(13)17)14-9(15)7-5-3-4-6-8(7)10(14)16;1-4(2)3/h3-6H,1-2H3;. The van der Waals surface area contributed by atoms with Crippen LogP contribution in [0, 0.1) is 0 Å². The minimum Gasteiger partial charge on any atom is -0.279 e. The minimum atomic E-state index is -1.67. The Hall–Kier alpha value is -0.950. The number of halogens is 3. The van der Waals surface area contributed by atoms with E-state index in [4.69, 9.17) is 15.8 Å². The fourth-order valence-corrected chi connectivity index (χ4v) is 1.87. The summed E-state index contributed by atoms with van der Waals surface area (Å²) in [7, 11) is 7.36. The van der Waals surface area contributed by atoms with Gasteiger partial charge in [0.2, 0.25) is 14.5 Å². The Kier molecular flexibility index (Phi) is 5.92. The summed E-state index contributed by atoms with van der Waals surface area (Å²) in [6.07, 6.45) is 0. The summed E-state index contributed by atoms with van der Waals surface area (Å²) in [4.78, 5) is 36.3. The monoisotopic (exact) mass is 369 g/mol. The van der Waals surface area contributed by atoms with Crippen LogP contribution in [-0.2, 0) is 14.0 Å². The van der Waals surface area contributed by atoms with Gasteiger partial charge in [-0.25, -0.2) is 4.21 Å². The predicted molar refractivity (Wildman–Crippen MR) is 81.7 cm³/mol. The van der Waals surface area contributed by atoms with Crippen molar-refractivity contribution in [1.29, 1.82) is 0 Å². The average molecular weight is 371 g/mol. The number of hydrogen-bond acceptors (Lipinski definition) is 4. The summed E-state index contributed by atoms with van der Waals surface area (Å²) in [6.45, 7) is 2.90. The molecule has 0 aliphatic carbocycles. The third-order valence-corrected chi connectivity index (χ3v) is 3.30. The molecule has 0 radical (unpaired) electrons. The molecule has 1 aliphatic rings. The van der Waals surface area contributed by atoms with Crippen molar-refractivity contribution < 1.29 is 18.6 Å². The van der Waals surface area contributed by atoms with Crippen LogP contribution in [0.1, 0.15) is 34.6 Å². The molecule has 0 N–H and O–H groups in total. The lowest BCUT2D eigenvalue weighted by Crippen LogP contribution is -2.51. The second-order valence-corrected chi connectivity index (χ2v) is 7.38. The molecule has 0 saturated carbocycles. The lowest BCUT2D eigenvalue weighted by atomic mass is 10.1. The number of rotatable bonds is 2. The highest BCUT2D eigenvalue weighted by molar-refractivity contribution is 8.26. The van der Waals surface area contributed by atoms with Crippen molar-refractivity contribution in [2.24, 2.45) is 0 Å². The van der Waals surface area contributed by atoms with Crippen molar-refractivity contribution >= 4 is 59.2 Å². The van der Waals surface area contributed by atoms with E-state index in [2.05, 4.69) is 21.4 Å². The number of nitrogens with zero attached hydrogens (tertiary/aromatic N) is 1. The molecule has 0 bridgehead atoms. The first-order valence-corrected chi connectivity index (χ1v) is 8.70. The van der Waals surface area contributed by atoms with Crippen molar-refractivity contribution in [2.75, 3.05) is 0 Å². The van der Waals surface area contributed by atoms with E-state index in [1.807, 2.05) is 0 Å². The molecule has 0 unspecified atom stereocenters. The van der Waals surface area contributed by atoms with E-state index in [0.29, 0.717) is 11.1 Å². The van der Waals surface area contributed by atoms with Gasteiger partial charge in [0, 0.05) is 21.4 Å². The van der Waals surface area contributed by atoms with Crippen LogP contribution >= 0.6 is 33.0 Å². The van der Waals surface area contributed by atoms with Crippen LogP contribution in [-0.4, -0.2) is 31.7 Å². The summed E-state index contributed by atoms with van der Waals surface area (Å²) in [6, 6.07) is 6.46. The Morgan fingerprint density at radius 3 is 1.71 bits per heavy atom. The quantitative estimate of drug-likeness (QED) is 0.593. The molecule has 1 aliphatic heterocycles. The Labute approximate surface area is 137 Å². The van der Waals surface area contributed by atoms with Gasteiger partial charge >= 0.3 is 0 Å². The largest absolute Gasteiger partial charge is 0.279 e. The SMILES string of the molecule is CC(C)(C(=O)Cl)N1C(=O)c2ccccc2C1=O.O=S(Cl)Cl. The van der Waals surface area contributed by atoms with Gasteiger partial charge in [0.25, 0.3) is 11.8 Å². The maximum absolute atomic E-state index is 12.1. The van der Waals surface area contributed by atoms with E-state index in [9.17, 15) is 14.4 Å². The number of carbonyl (C=O) groups excluding carboxylic acids is 3. The molecule has 9 heteroatoms. The molecule has 1 aromatic carbocycles. The minimum absolute atomic E-state index is 0.309. The molecule has 0 fully saturated rings. The fourth-order valence-electron chi connectivity index (χ4n) is 1.78. The van der Waals surface area contributed by atoms with E-state index in [-0.39, 0.29) is 0 Å². The average Bonchev–Trinajstić information content (AvgIpc) is 2.62. The first kappa shape index (κ1) is 18.1. The molecular formula is C12H10Cl3NO4S. The first-order chi connectivity index (χ1) is 9.60. The van der Waals surface area contributed by atoms with Gasteiger partial charge in [-0.1, -0.05) is 12.1 Å². The highest BCUT2D eigenvalue weighted by Crippen LogP contribution is 2.30. The number of fused-ring (bicyclic) bond motifs is 1. The molecule has 2 amide bonds. The molecule has 21 heavy (non-hydrogen) atoms. The summed E-state index contributed by atoms with van der Waals surface area (Å²) < 4.78 is 9.09. The van der Waals surface area contributed by atoms with Crippen LogP contribution in [0.5, 0.6) is 0 Å². The van der Waals surface area contributed by atoms with E-state index >= 15 is 0 Å². The van der Waals surface area contributed by atoms with E-state index in [1.54, 1.807) is 24.3 Å². The zero-order valence-electron chi connectivity index (χ0n) is 10.9. The molecule has 1 heterocycles. The Bertz CT molecular complexity index is 594. The Morgan fingerprint density at radius 2 is 1.43 bits per heavy atom. The van der Waals surface area contributed by atoms with Gasteiger partial charge in [-0.3, -0.25) is 19.3 Å². The summed E-state index contributed by atoms with van der Waals surface area (Å²) in [5.74, 6) is -0.964. The lowest BCUT2D eigenvalue weighted by molar-refractivity contribution is -0.119. The van der Waals surface area contributed by atoms with E-state index in [0.717, 1.165) is 4.90 Å². The van der Waals surface area contributed by atoms with Crippen LogP contribution < -0.4 is 0 Å². The van der Waals surface area contributed by atoms with Gasteiger partial charge in [-0.2, -0.15) is 0 Å². The first-order valence-electron chi connectivity index (χ1n) is 5.52. The normalized spacial score (nSPS) is 13.9. The molecule has 0 aromatic heterocycles. The third kappa shape index (κ3) is 3.83. The summed E-state index contributed by atoms with van der Waals surface area (Å²) in [5, 5.41) is -0.744. The highest BCUT2D eigenvalue weighted by atomic mass is 36.0. The van der Waals surface area contributed by atoms with Gasteiger partial charge in [-0.05, 0) is 37.6 Å². The van der Waals surface area contributed by atoms with Crippen molar-refractivity contribution in [1.82, 2.24) is 4.90 Å². The second-order valence-electron chi connectivity index (χ2n) is 4.51. The van der Waals surface area contributed by atoms with Gasteiger partial charge in [0.05, 0.1) is 11.1 Å². The molecule has 0 spiro atoms. The molecular weight excluding hydrogens is 361 g/mol. The predicted octanol–water partition coefficient (Wildman–Crippen LogP) is 2.87. The number of carbonyl (C=O) groups is 3. The van der Waals surface area contributed by atoms with Gasteiger partial charge in [0.15, 0.2) is 0 Å². The molecule has 0 atom stereocenters. The number of amides is 2. The number of benzene rings is 1. The molecule has 2 rings (SSSR count). The van der Waals surface area contributed by atoms with Crippen LogP contribution in [0.2, 0.25) is 0 Å². The van der Waals surface area contributed by atoms with Crippen molar-refractivity contribution in [3.63, 3.8) is 0 Å². The smallest absolute Gasteiger partial charge is 0.262 e. The summed E-state index contributed by atoms with van der Waals surface area (Å²) in [5.41, 5.74) is -0.721. The Balaban J connectivity index is 0.000000491. The van der Waals surface area contributed by atoms with Gasteiger partial charge in [-0.15, -0.1) is 0 Å². The van der Waals surface area contributed by atoms with Gasteiger partial charge in [0.1, 0.15) is 5.54 Å². The van der Waals surface area contributed by atoms with Crippen molar-refractivity contribution in [3.05, 3.63) is 35.4 Å². The number of imide groups is 1. The molecule has 114 valence electrons. The van der Waals surface area contributed by atoms with Gasteiger partial charge < -0.3 is 0 Å². The topological polar surface area (TPSA) is 71.5 Å².